The number of carboxylic acid groups (broad SMARTS) is 1. The number of nitrogens with zero attached hydrogens (tertiary/aromatic N) is 5. The van der Waals surface area contributed by atoms with Gasteiger partial charge in [0.05, 0.1) is 30.4 Å². The lowest BCUT2D eigenvalue weighted by molar-refractivity contribution is 0.138. The maximum atomic E-state index is 11.8. The summed E-state index contributed by atoms with van der Waals surface area (Å²) in [6.07, 6.45) is 2.43. The Kier molecular flexibility index (Phi) is 5.65. The van der Waals surface area contributed by atoms with Crippen LogP contribution in [0.5, 0.6) is 5.75 Å². The van der Waals surface area contributed by atoms with Crippen molar-refractivity contribution >= 4 is 17.7 Å². The Morgan fingerprint density at radius 3 is 2.67 bits per heavy atom. The van der Waals surface area contributed by atoms with Gasteiger partial charge in [-0.25, -0.2) is 4.79 Å². The molecule has 1 amide bonds. The smallest absolute Gasteiger partial charge is 0.408 e. The molecule has 168 valence electrons. The van der Waals surface area contributed by atoms with Crippen LogP contribution >= 0.6 is 11.6 Å². The van der Waals surface area contributed by atoms with Gasteiger partial charge in [-0.1, -0.05) is 23.7 Å². The van der Waals surface area contributed by atoms with Crippen LogP contribution in [0, 0.1) is 11.3 Å². The van der Waals surface area contributed by atoms with E-state index >= 15 is 0 Å². The molecule has 0 atom stereocenters. The van der Waals surface area contributed by atoms with Crippen molar-refractivity contribution in [3.63, 3.8) is 0 Å². The molecule has 8 nitrogen and oxygen atoms in total. The number of aromatic nitrogens is 3. The predicted molar refractivity (Wildman–Crippen MR) is 120 cm³/mol. The minimum absolute atomic E-state index is 0.0378. The minimum atomic E-state index is -1.01. The van der Waals surface area contributed by atoms with Crippen LogP contribution < -0.4 is 4.74 Å². The molecular formula is C24H22ClN5O3. The van der Waals surface area contributed by atoms with Crippen LogP contribution in [0.4, 0.5) is 4.79 Å². The van der Waals surface area contributed by atoms with Crippen molar-refractivity contribution in [3.8, 4) is 17.5 Å². The van der Waals surface area contributed by atoms with Crippen molar-refractivity contribution < 1.29 is 14.6 Å². The summed E-state index contributed by atoms with van der Waals surface area (Å²) < 4.78 is 8.14. The highest BCUT2D eigenvalue weighted by Crippen LogP contribution is 2.37. The molecule has 1 aromatic heterocycles. The molecule has 3 aromatic rings. The van der Waals surface area contributed by atoms with Gasteiger partial charge in [0.2, 0.25) is 0 Å². The Hall–Kier alpha value is -3.57. The lowest BCUT2D eigenvalue weighted by atomic mass is 9.86. The molecule has 0 saturated heterocycles. The average Bonchev–Trinajstić information content (AvgIpc) is 3.15. The van der Waals surface area contributed by atoms with E-state index in [9.17, 15) is 15.2 Å². The van der Waals surface area contributed by atoms with E-state index < -0.39 is 6.09 Å². The number of nitriles is 1. The summed E-state index contributed by atoms with van der Waals surface area (Å²) >= 11 is 6.21. The van der Waals surface area contributed by atoms with Crippen molar-refractivity contribution in [1.29, 1.82) is 5.26 Å². The van der Waals surface area contributed by atoms with Gasteiger partial charge in [0.25, 0.3) is 0 Å². The van der Waals surface area contributed by atoms with E-state index in [1.54, 1.807) is 6.07 Å². The van der Waals surface area contributed by atoms with E-state index in [-0.39, 0.29) is 25.1 Å². The average molecular weight is 464 g/mol. The van der Waals surface area contributed by atoms with Gasteiger partial charge in [0, 0.05) is 10.9 Å². The van der Waals surface area contributed by atoms with Gasteiger partial charge in [-0.3, -0.25) is 9.47 Å². The zero-order chi connectivity index (χ0) is 22.9. The Morgan fingerprint density at radius 2 is 1.91 bits per heavy atom. The van der Waals surface area contributed by atoms with E-state index in [0.717, 1.165) is 42.8 Å². The summed E-state index contributed by atoms with van der Waals surface area (Å²) in [6.45, 7) is 0.408. The molecule has 33 heavy (non-hydrogen) atoms. The number of ether oxygens (including phenoxy) is 1. The molecular weight excluding hydrogens is 442 g/mol. The highest BCUT2D eigenvalue weighted by Gasteiger charge is 2.32. The summed E-state index contributed by atoms with van der Waals surface area (Å²) in [5.74, 6) is 2.25. The number of hydrogen-bond acceptors (Lipinski definition) is 5. The summed E-state index contributed by atoms with van der Waals surface area (Å²) in [4.78, 5) is 13.1. The quantitative estimate of drug-likeness (QED) is 0.592. The Morgan fingerprint density at radius 1 is 1.12 bits per heavy atom. The maximum absolute atomic E-state index is 11.8. The van der Waals surface area contributed by atoms with Crippen LogP contribution in [0.25, 0.3) is 5.69 Å². The SMILES string of the molecule is N#Cc1ccccc1OC1CCC(c2nnc3n2-c2ccc(Cl)cc2CN(C(=O)O)C3)CC1. The number of rotatable bonds is 3. The third-order valence-corrected chi connectivity index (χ3v) is 6.58. The summed E-state index contributed by atoms with van der Waals surface area (Å²) in [5, 5.41) is 28.3. The fraction of sp³-hybridized carbons (Fsp3) is 0.333. The van der Waals surface area contributed by atoms with E-state index in [4.69, 9.17) is 16.3 Å². The highest BCUT2D eigenvalue weighted by molar-refractivity contribution is 6.30. The number of hydrogen-bond donors (Lipinski definition) is 1. The first-order valence-corrected chi connectivity index (χ1v) is 11.3. The van der Waals surface area contributed by atoms with Crippen LogP contribution in [0.2, 0.25) is 5.02 Å². The lowest BCUT2D eigenvalue weighted by Crippen LogP contribution is -2.28. The molecule has 5 rings (SSSR count). The third-order valence-electron chi connectivity index (χ3n) is 6.34. The van der Waals surface area contributed by atoms with Crippen LogP contribution in [0.15, 0.2) is 42.5 Å². The largest absolute Gasteiger partial charge is 0.489 e. The van der Waals surface area contributed by atoms with Crippen molar-refractivity contribution in [2.75, 3.05) is 0 Å². The molecule has 0 radical (unpaired) electrons. The van der Waals surface area contributed by atoms with Crippen LogP contribution in [0.1, 0.15) is 54.4 Å². The van der Waals surface area contributed by atoms with Crippen molar-refractivity contribution in [2.24, 2.45) is 0 Å². The Bertz CT molecular complexity index is 1240. The fourth-order valence-electron chi connectivity index (χ4n) is 4.71. The molecule has 1 aliphatic carbocycles. The number of fused-ring (bicyclic) bond motifs is 3. The van der Waals surface area contributed by atoms with Crippen LogP contribution in [-0.4, -0.2) is 37.0 Å². The molecule has 1 aliphatic heterocycles. The first-order valence-electron chi connectivity index (χ1n) is 10.9. The van der Waals surface area contributed by atoms with Gasteiger partial charge in [0.15, 0.2) is 5.82 Å². The highest BCUT2D eigenvalue weighted by atomic mass is 35.5. The molecule has 0 unspecified atom stereocenters. The zero-order valence-corrected chi connectivity index (χ0v) is 18.6. The van der Waals surface area contributed by atoms with Crippen LogP contribution in [-0.2, 0) is 13.1 Å². The maximum Gasteiger partial charge on any atom is 0.408 e. The van der Waals surface area contributed by atoms with Gasteiger partial charge in [-0.05, 0) is 61.6 Å². The Balaban J connectivity index is 1.39. The molecule has 1 fully saturated rings. The van der Waals surface area contributed by atoms with Gasteiger partial charge < -0.3 is 9.84 Å². The topological polar surface area (TPSA) is 104 Å². The van der Waals surface area contributed by atoms with Crippen molar-refractivity contribution in [1.82, 2.24) is 19.7 Å². The standard InChI is InChI=1S/C24H22ClN5O3/c25-18-7-10-20-17(11-18)13-29(24(31)32)14-22-27-28-23(30(20)22)15-5-8-19(9-6-15)33-21-4-2-1-3-16(21)12-26/h1-4,7,10-11,15,19H,5-6,8-9,13-14H2,(H,31,32). The van der Waals surface area contributed by atoms with Crippen molar-refractivity contribution in [3.05, 3.63) is 70.3 Å². The van der Waals surface area contributed by atoms with E-state index in [2.05, 4.69) is 16.3 Å². The van der Waals surface area contributed by atoms with Gasteiger partial charge in [-0.2, -0.15) is 5.26 Å². The van der Waals surface area contributed by atoms with E-state index in [1.807, 2.05) is 41.0 Å². The van der Waals surface area contributed by atoms with Gasteiger partial charge >= 0.3 is 6.09 Å². The lowest BCUT2D eigenvalue weighted by Gasteiger charge is -2.29. The number of carbonyl (C=O) groups is 1. The molecule has 1 saturated carbocycles. The monoisotopic (exact) mass is 463 g/mol. The zero-order valence-electron chi connectivity index (χ0n) is 17.8. The third kappa shape index (κ3) is 4.12. The first-order chi connectivity index (χ1) is 16.0. The number of para-hydroxylation sites is 1. The van der Waals surface area contributed by atoms with Gasteiger partial charge in [-0.15, -0.1) is 10.2 Å². The van der Waals surface area contributed by atoms with Gasteiger partial charge in [0.1, 0.15) is 17.6 Å². The molecule has 0 spiro atoms. The molecule has 2 aromatic carbocycles. The number of halogens is 1. The predicted octanol–water partition coefficient (Wildman–Crippen LogP) is 4.89. The fourth-order valence-corrected chi connectivity index (χ4v) is 4.90. The number of amides is 1. The summed E-state index contributed by atoms with van der Waals surface area (Å²) in [7, 11) is 0. The van der Waals surface area contributed by atoms with E-state index in [1.165, 1.54) is 4.90 Å². The molecule has 1 N–H and O–H groups in total. The second kappa shape index (κ2) is 8.75. The molecule has 2 aliphatic rings. The second-order valence-electron chi connectivity index (χ2n) is 8.42. The molecule has 2 heterocycles. The summed E-state index contributed by atoms with van der Waals surface area (Å²) in [6, 6.07) is 15.0. The second-order valence-corrected chi connectivity index (χ2v) is 8.86. The normalized spacial score (nSPS) is 19.7. The summed E-state index contributed by atoms with van der Waals surface area (Å²) in [5.41, 5.74) is 2.25. The molecule has 9 heteroatoms. The van der Waals surface area contributed by atoms with E-state index in [0.29, 0.717) is 22.2 Å². The Labute approximate surface area is 196 Å². The van der Waals surface area contributed by atoms with Crippen molar-refractivity contribution in [2.45, 2.75) is 50.8 Å². The molecule has 0 bridgehead atoms. The number of benzene rings is 2. The minimum Gasteiger partial charge on any atom is -0.489 e. The first kappa shape index (κ1) is 21.3. The van der Waals surface area contributed by atoms with Crippen LogP contribution in [0.3, 0.4) is 0 Å².